The number of halogens is 4. The van der Waals surface area contributed by atoms with E-state index in [1.54, 1.807) is 12.1 Å². The number of sulfone groups is 1. The van der Waals surface area contributed by atoms with Crippen LogP contribution in [-0.2, 0) is 16.0 Å². The first kappa shape index (κ1) is 16.6. The van der Waals surface area contributed by atoms with Crippen LogP contribution in [0.4, 0.5) is 13.2 Å². The van der Waals surface area contributed by atoms with Crippen molar-refractivity contribution < 1.29 is 26.3 Å². The van der Waals surface area contributed by atoms with Crippen LogP contribution in [0.1, 0.15) is 5.56 Å². The minimum Gasteiger partial charge on any atom is -0.455 e. The van der Waals surface area contributed by atoms with E-state index < -0.39 is 32.2 Å². The second-order valence-corrected chi connectivity index (χ2v) is 6.88. The van der Waals surface area contributed by atoms with Crippen molar-refractivity contribution in [1.82, 2.24) is 0 Å². The van der Waals surface area contributed by atoms with Gasteiger partial charge in [-0.3, -0.25) is 0 Å². The molecular weight excluding hydrogens is 341 g/mol. The predicted molar refractivity (Wildman–Crippen MR) is 76.1 cm³/mol. The fourth-order valence-electron chi connectivity index (χ4n) is 1.70. The first-order valence-electron chi connectivity index (χ1n) is 5.93. The highest BCUT2D eigenvalue weighted by molar-refractivity contribution is 7.90. The second-order valence-electron chi connectivity index (χ2n) is 4.46. The Bertz CT molecular complexity index is 801. The molecule has 2 aromatic rings. The lowest BCUT2D eigenvalue weighted by Crippen LogP contribution is -2.09. The highest BCUT2D eigenvalue weighted by Crippen LogP contribution is 2.40. The molecule has 0 saturated carbocycles. The molecule has 3 nitrogen and oxygen atoms in total. The number of alkyl halides is 3. The standard InChI is InChI=1S/C14H10ClF3O3S/c1-22(19,20)9-6-7-12(10(8-9)14(16,17)18)21-13-5-3-2-4-11(13)15/h2-8H,1H3. The number of ether oxygens (including phenoxy) is 1. The van der Waals surface area contributed by atoms with Crippen LogP contribution in [0.5, 0.6) is 11.5 Å². The Hall–Kier alpha value is -1.73. The normalized spacial score (nSPS) is 12.2. The molecule has 8 heteroatoms. The fraction of sp³-hybridized carbons (Fsp3) is 0.143. The largest absolute Gasteiger partial charge is 0.455 e. The quantitative estimate of drug-likeness (QED) is 0.815. The number of benzene rings is 2. The molecular formula is C14H10ClF3O3S. The molecule has 0 saturated heterocycles. The third-order valence-corrected chi connectivity index (χ3v) is 4.16. The van der Waals surface area contributed by atoms with Crippen LogP contribution in [0.15, 0.2) is 47.4 Å². The van der Waals surface area contributed by atoms with Gasteiger partial charge in [-0.05, 0) is 30.3 Å². The van der Waals surface area contributed by atoms with Crippen LogP contribution >= 0.6 is 11.6 Å². The van der Waals surface area contributed by atoms with E-state index in [0.29, 0.717) is 6.07 Å². The molecule has 0 unspecified atom stereocenters. The lowest BCUT2D eigenvalue weighted by molar-refractivity contribution is -0.138. The average molecular weight is 351 g/mol. The smallest absolute Gasteiger partial charge is 0.420 e. The monoisotopic (exact) mass is 350 g/mol. The Morgan fingerprint density at radius 2 is 1.68 bits per heavy atom. The van der Waals surface area contributed by atoms with Gasteiger partial charge in [0.05, 0.1) is 15.5 Å². The number of hydrogen-bond acceptors (Lipinski definition) is 3. The van der Waals surface area contributed by atoms with Gasteiger partial charge in [0.2, 0.25) is 0 Å². The predicted octanol–water partition coefficient (Wildman–Crippen LogP) is 4.55. The van der Waals surface area contributed by atoms with Crippen LogP contribution in [0, 0.1) is 0 Å². The highest BCUT2D eigenvalue weighted by atomic mass is 35.5. The van der Waals surface area contributed by atoms with Crippen molar-refractivity contribution in [3.63, 3.8) is 0 Å². The van der Waals surface area contributed by atoms with Gasteiger partial charge in [-0.1, -0.05) is 23.7 Å². The van der Waals surface area contributed by atoms with Crippen LogP contribution < -0.4 is 4.74 Å². The minimum absolute atomic E-state index is 0.0433. The number of para-hydroxylation sites is 1. The van der Waals surface area contributed by atoms with E-state index in [0.717, 1.165) is 18.4 Å². The molecule has 0 aliphatic carbocycles. The Labute approximate surface area is 130 Å². The lowest BCUT2D eigenvalue weighted by Gasteiger charge is -2.15. The van der Waals surface area contributed by atoms with Gasteiger partial charge < -0.3 is 4.74 Å². The summed E-state index contributed by atoms with van der Waals surface area (Å²) in [5, 5.41) is 0.141. The zero-order valence-electron chi connectivity index (χ0n) is 11.2. The summed E-state index contributed by atoms with van der Waals surface area (Å²) >= 11 is 5.84. The molecule has 0 fully saturated rings. The Morgan fingerprint density at radius 3 is 2.23 bits per heavy atom. The van der Waals surface area contributed by atoms with Gasteiger partial charge in [0.25, 0.3) is 0 Å². The van der Waals surface area contributed by atoms with Gasteiger partial charge in [0.15, 0.2) is 9.84 Å². The SMILES string of the molecule is CS(=O)(=O)c1ccc(Oc2ccccc2Cl)c(C(F)(F)F)c1. The van der Waals surface area contributed by atoms with Crippen LogP contribution in [0.2, 0.25) is 5.02 Å². The van der Waals surface area contributed by atoms with E-state index in [1.807, 2.05) is 0 Å². The van der Waals surface area contributed by atoms with Crippen molar-refractivity contribution in [2.24, 2.45) is 0 Å². The number of hydrogen-bond donors (Lipinski definition) is 0. The lowest BCUT2D eigenvalue weighted by atomic mass is 10.2. The summed E-state index contributed by atoms with van der Waals surface area (Å²) in [6, 6.07) is 8.59. The fourth-order valence-corrected chi connectivity index (χ4v) is 2.52. The van der Waals surface area contributed by atoms with E-state index in [-0.39, 0.29) is 10.8 Å². The molecule has 0 heterocycles. The van der Waals surface area contributed by atoms with E-state index in [2.05, 4.69) is 0 Å². The molecule has 0 amide bonds. The topological polar surface area (TPSA) is 43.4 Å². The molecule has 0 bridgehead atoms. The van der Waals surface area contributed by atoms with Crippen LogP contribution in [0.25, 0.3) is 0 Å². The van der Waals surface area contributed by atoms with Crippen molar-refractivity contribution >= 4 is 21.4 Å². The molecule has 2 aromatic carbocycles. The van der Waals surface area contributed by atoms with Crippen molar-refractivity contribution in [2.75, 3.05) is 6.26 Å². The Kier molecular flexibility index (Phi) is 4.39. The molecule has 0 atom stereocenters. The van der Waals surface area contributed by atoms with Gasteiger partial charge >= 0.3 is 6.18 Å². The maximum Gasteiger partial charge on any atom is 0.420 e. The highest BCUT2D eigenvalue weighted by Gasteiger charge is 2.35. The third-order valence-electron chi connectivity index (χ3n) is 2.74. The molecule has 0 N–H and O–H groups in total. The molecule has 0 radical (unpaired) electrons. The molecule has 0 spiro atoms. The minimum atomic E-state index is -4.77. The van der Waals surface area contributed by atoms with Gasteiger partial charge in [-0.25, -0.2) is 8.42 Å². The van der Waals surface area contributed by atoms with Gasteiger partial charge in [0.1, 0.15) is 11.5 Å². The van der Waals surface area contributed by atoms with E-state index >= 15 is 0 Å². The zero-order valence-corrected chi connectivity index (χ0v) is 12.8. The summed E-state index contributed by atoms with van der Waals surface area (Å²) in [4.78, 5) is -0.439. The van der Waals surface area contributed by atoms with Crippen LogP contribution in [0.3, 0.4) is 0 Å². The molecule has 0 aliphatic heterocycles. The molecule has 0 aromatic heterocycles. The van der Waals surface area contributed by atoms with Crippen molar-refractivity contribution in [3.05, 3.63) is 53.1 Å². The number of rotatable bonds is 3. The summed E-state index contributed by atoms with van der Waals surface area (Å²) in [5.74, 6) is -0.477. The maximum absolute atomic E-state index is 13.1. The summed E-state index contributed by atoms with van der Waals surface area (Å²) in [7, 11) is -3.76. The first-order valence-corrected chi connectivity index (χ1v) is 8.19. The second kappa shape index (κ2) is 5.81. The first-order chi connectivity index (χ1) is 10.1. The molecule has 2 rings (SSSR count). The van der Waals surface area contributed by atoms with E-state index in [9.17, 15) is 21.6 Å². The molecule has 0 aliphatic rings. The zero-order chi connectivity index (χ0) is 16.5. The Morgan fingerprint density at radius 1 is 1.05 bits per heavy atom. The van der Waals surface area contributed by atoms with Crippen molar-refractivity contribution in [3.8, 4) is 11.5 Å². The average Bonchev–Trinajstić information content (AvgIpc) is 2.39. The van der Waals surface area contributed by atoms with Gasteiger partial charge in [-0.2, -0.15) is 13.2 Å². The summed E-state index contributed by atoms with van der Waals surface area (Å²) < 4.78 is 67.3. The Balaban J connectivity index is 2.54. The summed E-state index contributed by atoms with van der Waals surface area (Å²) in [6.45, 7) is 0. The summed E-state index contributed by atoms with van der Waals surface area (Å²) in [5.41, 5.74) is -1.18. The van der Waals surface area contributed by atoms with Gasteiger partial charge in [-0.15, -0.1) is 0 Å². The van der Waals surface area contributed by atoms with Crippen LogP contribution in [-0.4, -0.2) is 14.7 Å². The molecule has 118 valence electrons. The van der Waals surface area contributed by atoms with Gasteiger partial charge in [0, 0.05) is 6.26 Å². The van der Waals surface area contributed by atoms with Crippen molar-refractivity contribution in [1.29, 1.82) is 0 Å². The third kappa shape index (κ3) is 3.72. The van der Waals surface area contributed by atoms with Crippen molar-refractivity contribution in [2.45, 2.75) is 11.1 Å². The summed E-state index contributed by atoms with van der Waals surface area (Å²) in [6.07, 6.45) is -3.94. The molecule has 22 heavy (non-hydrogen) atoms. The maximum atomic E-state index is 13.1. The van der Waals surface area contributed by atoms with E-state index in [4.69, 9.17) is 16.3 Å². The van der Waals surface area contributed by atoms with E-state index in [1.165, 1.54) is 12.1 Å².